The van der Waals surface area contributed by atoms with E-state index in [1.54, 1.807) is 13.8 Å². The Morgan fingerprint density at radius 1 is 1.31 bits per heavy atom. The van der Waals surface area contributed by atoms with Crippen molar-refractivity contribution < 1.29 is 18.9 Å². The molecular formula is C17H19N3O4S2. The minimum Gasteiger partial charge on any atom is -0.486 e. The lowest BCUT2D eigenvalue weighted by Crippen LogP contribution is -2.22. The van der Waals surface area contributed by atoms with Gasteiger partial charge < -0.3 is 19.8 Å². The van der Waals surface area contributed by atoms with Crippen molar-refractivity contribution in [2.45, 2.75) is 18.4 Å². The quantitative estimate of drug-likeness (QED) is 0.345. The number of hydrogen-bond donors (Lipinski definition) is 1. The maximum atomic E-state index is 12.0. The first-order chi connectivity index (χ1) is 12.5. The Labute approximate surface area is 159 Å². The molecule has 9 heteroatoms. The van der Waals surface area contributed by atoms with Crippen molar-refractivity contribution in [2.24, 2.45) is 10.9 Å². The number of ether oxygens (including phenoxy) is 1. The van der Waals surface area contributed by atoms with Gasteiger partial charge >= 0.3 is 5.97 Å². The Morgan fingerprint density at radius 3 is 2.62 bits per heavy atom. The van der Waals surface area contributed by atoms with Gasteiger partial charge in [0.15, 0.2) is 5.84 Å². The van der Waals surface area contributed by atoms with Crippen molar-refractivity contribution in [2.75, 3.05) is 18.1 Å². The van der Waals surface area contributed by atoms with Crippen molar-refractivity contribution in [1.29, 1.82) is 0 Å². The smallest absolute Gasteiger partial charge is 0.371 e. The SMILES string of the molecule is Cc1noc(C)c1C(=O)ON=C(N)COc1ccc(C2SCCS2)cc1. The molecule has 7 nitrogen and oxygen atoms in total. The molecule has 0 saturated carbocycles. The summed E-state index contributed by atoms with van der Waals surface area (Å²) in [5, 5.41) is 7.29. The van der Waals surface area contributed by atoms with E-state index < -0.39 is 5.97 Å². The van der Waals surface area contributed by atoms with Crippen LogP contribution in [-0.2, 0) is 4.84 Å². The monoisotopic (exact) mass is 393 g/mol. The van der Waals surface area contributed by atoms with Crippen LogP contribution in [-0.4, -0.2) is 35.1 Å². The second kappa shape index (κ2) is 8.50. The van der Waals surface area contributed by atoms with E-state index in [1.165, 1.54) is 17.1 Å². The van der Waals surface area contributed by atoms with Gasteiger partial charge in [-0.25, -0.2) is 4.79 Å². The molecule has 0 atom stereocenters. The van der Waals surface area contributed by atoms with Crippen LogP contribution in [0.25, 0.3) is 0 Å². The van der Waals surface area contributed by atoms with Gasteiger partial charge in [0.2, 0.25) is 0 Å². The number of aryl methyl sites for hydroxylation is 2. The van der Waals surface area contributed by atoms with Crippen LogP contribution in [0.3, 0.4) is 0 Å². The van der Waals surface area contributed by atoms with Gasteiger partial charge in [0.25, 0.3) is 0 Å². The molecule has 1 aliphatic rings. The topological polar surface area (TPSA) is 99.9 Å². The lowest BCUT2D eigenvalue weighted by Gasteiger charge is -2.10. The van der Waals surface area contributed by atoms with Gasteiger partial charge in [0, 0.05) is 11.5 Å². The van der Waals surface area contributed by atoms with E-state index in [2.05, 4.69) is 22.4 Å². The molecule has 0 spiro atoms. The van der Waals surface area contributed by atoms with Gasteiger partial charge in [-0.15, -0.1) is 23.5 Å². The number of benzene rings is 1. The summed E-state index contributed by atoms with van der Waals surface area (Å²) in [5.74, 6) is 2.81. The summed E-state index contributed by atoms with van der Waals surface area (Å²) in [5.41, 5.74) is 7.70. The molecule has 0 amide bonds. The second-order valence-corrected chi connectivity index (χ2v) is 8.32. The van der Waals surface area contributed by atoms with Crippen molar-refractivity contribution >= 4 is 35.3 Å². The van der Waals surface area contributed by atoms with Crippen LogP contribution >= 0.6 is 23.5 Å². The molecular weight excluding hydrogens is 374 g/mol. The number of oxime groups is 1. The highest BCUT2D eigenvalue weighted by atomic mass is 32.2. The number of amidine groups is 1. The summed E-state index contributed by atoms with van der Waals surface area (Å²) in [4.78, 5) is 16.8. The Morgan fingerprint density at radius 2 is 2.00 bits per heavy atom. The molecule has 138 valence electrons. The standard InChI is InChI=1S/C17H19N3O4S2/c1-10-15(11(2)23-19-10)16(21)24-20-14(18)9-22-13-5-3-12(4-6-13)17-25-7-8-26-17/h3-6,17H,7-9H2,1-2H3,(H2,18,20). The molecule has 1 fully saturated rings. The van der Waals surface area contributed by atoms with Crippen LogP contribution < -0.4 is 10.5 Å². The third kappa shape index (κ3) is 4.53. The predicted molar refractivity (Wildman–Crippen MR) is 103 cm³/mol. The van der Waals surface area contributed by atoms with E-state index in [-0.39, 0.29) is 18.0 Å². The molecule has 2 aromatic rings. The number of aromatic nitrogens is 1. The highest BCUT2D eigenvalue weighted by molar-refractivity contribution is 8.19. The van der Waals surface area contributed by atoms with Crippen LogP contribution in [0.5, 0.6) is 5.75 Å². The van der Waals surface area contributed by atoms with Crippen LogP contribution in [0.15, 0.2) is 33.9 Å². The fourth-order valence-corrected chi connectivity index (χ4v) is 5.24. The van der Waals surface area contributed by atoms with Crippen LogP contribution in [0.4, 0.5) is 0 Å². The van der Waals surface area contributed by atoms with Crippen molar-refractivity contribution in [3.8, 4) is 5.75 Å². The van der Waals surface area contributed by atoms with Gasteiger partial charge in [-0.05, 0) is 31.5 Å². The molecule has 0 bridgehead atoms. The lowest BCUT2D eigenvalue weighted by atomic mass is 10.2. The average Bonchev–Trinajstić information content (AvgIpc) is 3.28. The Balaban J connectivity index is 1.51. The third-order valence-corrected chi connectivity index (χ3v) is 6.75. The average molecular weight is 393 g/mol. The number of carbonyl (C=O) groups excluding carboxylic acids is 1. The molecule has 2 heterocycles. The Hall–Kier alpha value is -2.13. The molecule has 3 rings (SSSR count). The van der Waals surface area contributed by atoms with Crippen LogP contribution in [0, 0.1) is 13.8 Å². The molecule has 1 aromatic carbocycles. The first-order valence-electron chi connectivity index (χ1n) is 7.97. The first kappa shape index (κ1) is 18.7. The molecule has 0 unspecified atom stereocenters. The Bertz CT molecular complexity index is 779. The normalized spacial score (nSPS) is 15.2. The number of rotatable bonds is 6. The maximum absolute atomic E-state index is 12.0. The van der Waals surface area contributed by atoms with E-state index in [0.717, 1.165) is 0 Å². The minimum absolute atomic E-state index is 0.0150. The molecule has 1 saturated heterocycles. The largest absolute Gasteiger partial charge is 0.486 e. The lowest BCUT2D eigenvalue weighted by molar-refractivity contribution is 0.0510. The van der Waals surface area contributed by atoms with Crippen molar-refractivity contribution in [3.63, 3.8) is 0 Å². The fourth-order valence-electron chi connectivity index (χ4n) is 2.38. The van der Waals surface area contributed by atoms with E-state index in [0.29, 0.717) is 21.8 Å². The second-order valence-electron chi connectivity index (χ2n) is 5.59. The zero-order chi connectivity index (χ0) is 18.5. The van der Waals surface area contributed by atoms with Crippen LogP contribution in [0.1, 0.15) is 32.0 Å². The fraction of sp³-hybridized carbons (Fsp3) is 0.353. The van der Waals surface area contributed by atoms with E-state index in [9.17, 15) is 4.79 Å². The van der Waals surface area contributed by atoms with Gasteiger partial charge in [0.1, 0.15) is 23.7 Å². The minimum atomic E-state index is -0.667. The summed E-state index contributed by atoms with van der Waals surface area (Å²) in [6.45, 7) is 3.29. The predicted octanol–water partition coefficient (Wildman–Crippen LogP) is 3.28. The van der Waals surface area contributed by atoms with Crippen molar-refractivity contribution in [1.82, 2.24) is 5.16 Å². The summed E-state index contributed by atoms with van der Waals surface area (Å²) < 4.78 is 11.0. The zero-order valence-corrected chi connectivity index (χ0v) is 16.1. The molecule has 26 heavy (non-hydrogen) atoms. The number of thioether (sulfide) groups is 2. The molecule has 2 N–H and O–H groups in total. The molecule has 1 aromatic heterocycles. The van der Waals surface area contributed by atoms with E-state index >= 15 is 0 Å². The highest BCUT2D eigenvalue weighted by Gasteiger charge is 2.20. The molecule has 0 aliphatic carbocycles. The maximum Gasteiger partial charge on any atom is 0.371 e. The Kier molecular flexibility index (Phi) is 6.10. The summed E-state index contributed by atoms with van der Waals surface area (Å²) in [7, 11) is 0. The highest BCUT2D eigenvalue weighted by Crippen LogP contribution is 2.45. The number of nitrogens with two attached hydrogens (primary N) is 1. The summed E-state index contributed by atoms with van der Waals surface area (Å²) in [6, 6.07) is 7.90. The van der Waals surface area contributed by atoms with Crippen LogP contribution in [0.2, 0.25) is 0 Å². The van der Waals surface area contributed by atoms with E-state index in [1.807, 2.05) is 35.7 Å². The van der Waals surface area contributed by atoms with Gasteiger partial charge in [-0.3, -0.25) is 0 Å². The van der Waals surface area contributed by atoms with Gasteiger partial charge in [-0.1, -0.05) is 22.4 Å². The first-order valence-corrected chi connectivity index (χ1v) is 10.1. The zero-order valence-electron chi connectivity index (χ0n) is 14.4. The van der Waals surface area contributed by atoms with Gasteiger partial charge in [-0.2, -0.15) is 0 Å². The van der Waals surface area contributed by atoms with E-state index in [4.69, 9.17) is 19.8 Å². The summed E-state index contributed by atoms with van der Waals surface area (Å²) in [6.07, 6.45) is 0. The van der Waals surface area contributed by atoms with Gasteiger partial charge in [0.05, 0.1) is 10.3 Å². The number of carbonyl (C=O) groups is 1. The summed E-state index contributed by atoms with van der Waals surface area (Å²) >= 11 is 3.91. The van der Waals surface area contributed by atoms with Crippen molar-refractivity contribution in [3.05, 3.63) is 46.8 Å². The third-order valence-electron chi connectivity index (χ3n) is 3.64. The number of nitrogens with zero attached hydrogens (tertiary/aromatic N) is 2. The molecule has 1 aliphatic heterocycles. The number of hydrogen-bond acceptors (Lipinski definition) is 8. The molecule has 0 radical (unpaired) electrons.